The van der Waals surface area contributed by atoms with Crippen LogP contribution in [0.15, 0.2) is 18.2 Å². The molecule has 0 heterocycles. The van der Waals surface area contributed by atoms with Crippen LogP contribution in [0.3, 0.4) is 0 Å². The first kappa shape index (κ1) is 16.6. The van der Waals surface area contributed by atoms with Gasteiger partial charge in [0.05, 0.1) is 17.7 Å². The van der Waals surface area contributed by atoms with Crippen molar-refractivity contribution in [1.29, 1.82) is 0 Å². The highest BCUT2D eigenvalue weighted by atomic mass is 35.5. The van der Waals surface area contributed by atoms with Crippen molar-refractivity contribution in [3.05, 3.63) is 28.8 Å². The SMILES string of the molecule is CCC(C)(C)C1CCC(O)(c2ccc(Cl)c(OC)c2)CC1. The van der Waals surface area contributed by atoms with Crippen LogP contribution in [0.25, 0.3) is 0 Å². The summed E-state index contributed by atoms with van der Waals surface area (Å²) < 4.78 is 5.27. The molecule has 21 heavy (non-hydrogen) atoms. The minimum absolute atomic E-state index is 0.360. The summed E-state index contributed by atoms with van der Waals surface area (Å²) >= 11 is 6.08. The van der Waals surface area contributed by atoms with Gasteiger partial charge in [-0.15, -0.1) is 0 Å². The molecule has 0 amide bonds. The highest BCUT2D eigenvalue weighted by Crippen LogP contribution is 2.47. The van der Waals surface area contributed by atoms with Gasteiger partial charge in [0.25, 0.3) is 0 Å². The van der Waals surface area contributed by atoms with Crippen molar-refractivity contribution in [2.45, 2.75) is 58.5 Å². The Kier molecular flexibility index (Phi) is 4.89. The molecule has 2 nitrogen and oxygen atoms in total. The molecule has 0 bridgehead atoms. The fraction of sp³-hybridized carbons (Fsp3) is 0.667. The lowest BCUT2D eigenvalue weighted by Crippen LogP contribution is -2.36. The number of halogens is 1. The zero-order valence-electron chi connectivity index (χ0n) is 13.6. The van der Waals surface area contributed by atoms with Gasteiger partial charge in [0.1, 0.15) is 5.75 Å². The summed E-state index contributed by atoms with van der Waals surface area (Å²) in [4.78, 5) is 0. The van der Waals surface area contributed by atoms with E-state index in [4.69, 9.17) is 16.3 Å². The van der Waals surface area contributed by atoms with Crippen LogP contribution in [0, 0.1) is 11.3 Å². The molecule has 1 aromatic rings. The number of benzene rings is 1. The van der Waals surface area contributed by atoms with E-state index < -0.39 is 5.60 Å². The fourth-order valence-corrected chi connectivity index (χ4v) is 3.60. The molecule has 0 aromatic heterocycles. The van der Waals surface area contributed by atoms with Gasteiger partial charge in [-0.2, -0.15) is 0 Å². The van der Waals surface area contributed by atoms with Gasteiger partial charge in [-0.3, -0.25) is 0 Å². The maximum Gasteiger partial charge on any atom is 0.137 e. The number of aliphatic hydroxyl groups is 1. The van der Waals surface area contributed by atoms with Crippen molar-refractivity contribution in [1.82, 2.24) is 0 Å². The van der Waals surface area contributed by atoms with Crippen LogP contribution in [-0.2, 0) is 5.60 Å². The monoisotopic (exact) mass is 310 g/mol. The third kappa shape index (κ3) is 3.37. The number of hydrogen-bond acceptors (Lipinski definition) is 2. The number of methoxy groups -OCH3 is 1. The lowest BCUT2D eigenvalue weighted by molar-refractivity contribution is -0.0329. The quantitative estimate of drug-likeness (QED) is 0.832. The van der Waals surface area contributed by atoms with Gasteiger partial charge in [0.2, 0.25) is 0 Å². The van der Waals surface area contributed by atoms with Gasteiger partial charge in [-0.05, 0) is 54.7 Å². The Morgan fingerprint density at radius 2 is 1.95 bits per heavy atom. The number of hydrogen-bond donors (Lipinski definition) is 1. The van der Waals surface area contributed by atoms with Gasteiger partial charge in [0.15, 0.2) is 0 Å². The molecule has 2 rings (SSSR count). The van der Waals surface area contributed by atoms with E-state index in [1.54, 1.807) is 7.11 Å². The summed E-state index contributed by atoms with van der Waals surface area (Å²) in [6, 6.07) is 5.62. The highest BCUT2D eigenvalue weighted by molar-refractivity contribution is 6.32. The normalized spacial score (nSPS) is 26.7. The molecule has 1 fully saturated rings. The van der Waals surface area contributed by atoms with Crippen molar-refractivity contribution >= 4 is 11.6 Å². The Bertz CT molecular complexity index is 488. The molecule has 0 saturated heterocycles. The van der Waals surface area contributed by atoms with Crippen LogP contribution in [-0.4, -0.2) is 12.2 Å². The molecular formula is C18H27ClO2. The molecule has 1 aliphatic rings. The van der Waals surface area contributed by atoms with E-state index in [9.17, 15) is 5.11 Å². The molecule has 1 N–H and O–H groups in total. The smallest absolute Gasteiger partial charge is 0.137 e. The molecule has 1 aliphatic carbocycles. The first-order valence-corrected chi connectivity index (χ1v) is 8.26. The van der Waals surface area contributed by atoms with Gasteiger partial charge < -0.3 is 9.84 Å². The summed E-state index contributed by atoms with van der Waals surface area (Å²) in [6.45, 7) is 6.94. The second kappa shape index (κ2) is 6.18. The first-order valence-electron chi connectivity index (χ1n) is 7.89. The first-order chi connectivity index (χ1) is 9.82. The Morgan fingerprint density at radius 1 is 1.33 bits per heavy atom. The predicted octanol–water partition coefficient (Wildman–Crippen LogP) is 5.16. The minimum atomic E-state index is -0.738. The second-order valence-corrected chi connectivity index (χ2v) is 7.40. The highest BCUT2D eigenvalue weighted by Gasteiger charge is 2.39. The topological polar surface area (TPSA) is 29.5 Å². The molecule has 3 heteroatoms. The third-order valence-electron chi connectivity index (χ3n) is 5.52. The Morgan fingerprint density at radius 3 is 2.48 bits per heavy atom. The summed E-state index contributed by atoms with van der Waals surface area (Å²) in [6.07, 6.45) is 4.95. The molecule has 0 unspecified atom stereocenters. The zero-order chi connectivity index (χ0) is 15.7. The van der Waals surface area contributed by atoms with Crippen molar-refractivity contribution < 1.29 is 9.84 Å². The van der Waals surface area contributed by atoms with Gasteiger partial charge >= 0.3 is 0 Å². The lowest BCUT2D eigenvalue weighted by atomic mass is 9.65. The van der Waals surface area contributed by atoms with E-state index in [1.165, 1.54) is 6.42 Å². The van der Waals surface area contributed by atoms with Crippen molar-refractivity contribution in [3.63, 3.8) is 0 Å². The minimum Gasteiger partial charge on any atom is -0.495 e. The van der Waals surface area contributed by atoms with Crippen molar-refractivity contribution in [3.8, 4) is 5.75 Å². The molecule has 0 radical (unpaired) electrons. The second-order valence-electron chi connectivity index (χ2n) is 7.00. The number of rotatable bonds is 4. The Hall–Kier alpha value is -0.730. The average Bonchev–Trinajstić information content (AvgIpc) is 2.48. The molecular weight excluding hydrogens is 284 g/mol. The average molecular weight is 311 g/mol. The molecule has 0 atom stereocenters. The van der Waals surface area contributed by atoms with Gasteiger partial charge in [-0.25, -0.2) is 0 Å². The van der Waals surface area contributed by atoms with Gasteiger partial charge in [0, 0.05) is 0 Å². The lowest BCUT2D eigenvalue weighted by Gasteiger charge is -2.42. The van der Waals surface area contributed by atoms with Crippen LogP contribution in [0.2, 0.25) is 5.02 Å². The van der Waals surface area contributed by atoms with Crippen LogP contribution in [0.5, 0.6) is 5.75 Å². The third-order valence-corrected chi connectivity index (χ3v) is 5.83. The Balaban J connectivity index is 2.15. The standard InChI is InChI=1S/C18H27ClO2/c1-5-17(2,3)13-8-10-18(20,11-9-13)14-6-7-15(19)16(12-14)21-4/h6-7,12-13,20H,5,8-11H2,1-4H3. The van der Waals surface area contributed by atoms with E-state index >= 15 is 0 Å². The van der Waals surface area contributed by atoms with E-state index in [1.807, 2.05) is 18.2 Å². The largest absolute Gasteiger partial charge is 0.495 e. The summed E-state index contributed by atoms with van der Waals surface area (Å²) in [7, 11) is 1.61. The zero-order valence-corrected chi connectivity index (χ0v) is 14.3. The van der Waals surface area contributed by atoms with E-state index in [0.717, 1.165) is 31.2 Å². The van der Waals surface area contributed by atoms with Crippen LogP contribution in [0.1, 0.15) is 58.4 Å². The van der Waals surface area contributed by atoms with Crippen molar-refractivity contribution in [2.24, 2.45) is 11.3 Å². The molecule has 1 saturated carbocycles. The van der Waals surface area contributed by atoms with Crippen LogP contribution < -0.4 is 4.74 Å². The van der Waals surface area contributed by atoms with Crippen LogP contribution in [0.4, 0.5) is 0 Å². The van der Waals surface area contributed by atoms with Crippen molar-refractivity contribution in [2.75, 3.05) is 7.11 Å². The maximum absolute atomic E-state index is 11.0. The molecule has 0 aliphatic heterocycles. The predicted molar refractivity (Wildman–Crippen MR) is 87.9 cm³/mol. The molecule has 0 spiro atoms. The van der Waals surface area contributed by atoms with E-state index in [0.29, 0.717) is 22.1 Å². The fourth-order valence-electron chi connectivity index (χ4n) is 3.40. The van der Waals surface area contributed by atoms with E-state index in [2.05, 4.69) is 20.8 Å². The Labute approximate surface area is 133 Å². The van der Waals surface area contributed by atoms with Crippen LogP contribution >= 0.6 is 11.6 Å². The summed E-state index contributed by atoms with van der Waals surface area (Å²) in [5.41, 5.74) is 0.550. The molecule has 1 aromatic carbocycles. The summed E-state index contributed by atoms with van der Waals surface area (Å²) in [5, 5.41) is 11.6. The summed E-state index contributed by atoms with van der Waals surface area (Å²) in [5.74, 6) is 1.33. The molecule has 118 valence electrons. The van der Waals surface area contributed by atoms with Gasteiger partial charge in [-0.1, -0.05) is 44.9 Å². The number of ether oxygens (including phenoxy) is 1. The van der Waals surface area contributed by atoms with E-state index in [-0.39, 0.29) is 0 Å². The maximum atomic E-state index is 11.0.